The molecule has 5 rings (SSSR count). The first-order valence-electron chi connectivity index (χ1n) is 18.5. The summed E-state index contributed by atoms with van der Waals surface area (Å²) >= 11 is 0. The van der Waals surface area contributed by atoms with Gasteiger partial charge in [0.2, 0.25) is 15.9 Å². The van der Waals surface area contributed by atoms with Crippen molar-refractivity contribution in [3.63, 3.8) is 0 Å². The molecule has 3 aromatic rings. The van der Waals surface area contributed by atoms with Crippen LogP contribution in [0.1, 0.15) is 61.3 Å². The Morgan fingerprint density at radius 1 is 0.943 bits per heavy atom. The number of hydrogen-bond donors (Lipinski definition) is 1. The molecule has 290 valence electrons. The van der Waals surface area contributed by atoms with Crippen LogP contribution in [0.15, 0.2) is 71.6 Å². The number of nitrogens with one attached hydrogen (secondary N) is 1. The van der Waals surface area contributed by atoms with Crippen LogP contribution in [0.25, 0.3) is 0 Å². The molecular formula is C41H57N3O8S. The Bertz CT molecular complexity index is 1730. The van der Waals surface area contributed by atoms with Gasteiger partial charge in [0.15, 0.2) is 0 Å². The van der Waals surface area contributed by atoms with E-state index < -0.39 is 27.6 Å². The van der Waals surface area contributed by atoms with Crippen molar-refractivity contribution in [2.75, 3.05) is 72.2 Å². The molecule has 0 spiro atoms. The van der Waals surface area contributed by atoms with E-state index in [2.05, 4.69) is 40.5 Å². The first-order chi connectivity index (χ1) is 25.5. The predicted octanol–water partition coefficient (Wildman–Crippen LogP) is 5.69. The Kier molecular flexibility index (Phi) is 14.3. The maximum atomic E-state index is 14.5. The number of anilines is 1. The maximum Gasteiger partial charge on any atom is 0.243 e. The monoisotopic (exact) mass is 751 g/mol. The largest absolute Gasteiger partial charge is 0.490 e. The van der Waals surface area contributed by atoms with Crippen LogP contribution in [0.5, 0.6) is 5.75 Å². The van der Waals surface area contributed by atoms with Crippen molar-refractivity contribution in [2.45, 2.75) is 76.2 Å². The SMILES string of the molecule is CNC(=O)C(C)(C)C[C@@H]1C[C@H](c2ccc(COCCOC)cc2)[C@@H](OCc2ccc3c(c2)N(CCCOC)CCO3)CN1S(=O)(=O)c1ccc(C)cc1. The molecule has 53 heavy (non-hydrogen) atoms. The minimum atomic E-state index is -3.95. The average molecular weight is 752 g/mol. The molecule has 0 aromatic heterocycles. The number of sulfonamides is 1. The summed E-state index contributed by atoms with van der Waals surface area (Å²) < 4.78 is 59.5. The van der Waals surface area contributed by atoms with Crippen molar-refractivity contribution >= 4 is 21.6 Å². The van der Waals surface area contributed by atoms with E-state index in [9.17, 15) is 13.2 Å². The second-order valence-corrected chi connectivity index (χ2v) is 16.6. The molecule has 12 heteroatoms. The van der Waals surface area contributed by atoms with Gasteiger partial charge < -0.3 is 33.9 Å². The van der Waals surface area contributed by atoms with Crippen molar-refractivity contribution in [3.05, 3.63) is 89.0 Å². The predicted molar refractivity (Wildman–Crippen MR) is 206 cm³/mol. The van der Waals surface area contributed by atoms with E-state index in [1.54, 1.807) is 37.7 Å². The number of aryl methyl sites for hydroxylation is 1. The highest BCUT2D eigenvalue weighted by atomic mass is 32.2. The first kappa shape index (κ1) is 40.7. The highest BCUT2D eigenvalue weighted by molar-refractivity contribution is 7.89. The number of nitrogens with zero attached hydrogens (tertiary/aromatic N) is 2. The Balaban J connectivity index is 1.47. The second-order valence-electron chi connectivity index (χ2n) is 14.7. The number of amides is 1. The zero-order chi connectivity index (χ0) is 38.0. The molecule has 3 aromatic carbocycles. The average Bonchev–Trinajstić information content (AvgIpc) is 3.16. The molecule has 1 fully saturated rings. The van der Waals surface area contributed by atoms with Crippen LogP contribution in [0.3, 0.4) is 0 Å². The van der Waals surface area contributed by atoms with Crippen LogP contribution >= 0.6 is 0 Å². The smallest absolute Gasteiger partial charge is 0.243 e. The van der Waals surface area contributed by atoms with E-state index in [4.69, 9.17) is 23.7 Å². The van der Waals surface area contributed by atoms with Gasteiger partial charge in [-0.2, -0.15) is 4.31 Å². The Morgan fingerprint density at radius 3 is 2.36 bits per heavy atom. The molecular weight excluding hydrogens is 695 g/mol. The first-order valence-corrected chi connectivity index (χ1v) is 20.0. The third kappa shape index (κ3) is 10.4. The van der Waals surface area contributed by atoms with Gasteiger partial charge in [-0.3, -0.25) is 4.79 Å². The Morgan fingerprint density at radius 2 is 1.66 bits per heavy atom. The number of rotatable bonds is 18. The highest BCUT2D eigenvalue weighted by Gasteiger charge is 2.45. The number of hydrogen-bond acceptors (Lipinski definition) is 9. The minimum absolute atomic E-state index is 0.133. The summed E-state index contributed by atoms with van der Waals surface area (Å²) in [6, 6.07) is 20.9. The fourth-order valence-electron chi connectivity index (χ4n) is 7.32. The summed E-state index contributed by atoms with van der Waals surface area (Å²) in [6.07, 6.45) is 1.26. The lowest BCUT2D eigenvalue weighted by Crippen LogP contribution is -2.54. The highest BCUT2D eigenvalue weighted by Crippen LogP contribution is 2.41. The van der Waals surface area contributed by atoms with Gasteiger partial charge in [0.05, 0.1) is 49.7 Å². The van der Waals surface area contributed by atoms with Gasteiger partial charge in [-0.25, -0.2) is 8.42 Å². The molecule has 0 bridgehead atoms. The zero-order valence-corrected chi connectivity index (χ0v) is 33.0. The lowest BCUT2D eigenvalue weighted by atomic mass is 9.77. The Labute approximate surface area is 315 Å². The van der Waals surface area contributed by atoms with Crippen LogP contribution in [-0.4, -0.2) is 98.1 Å². The summed E-state index contributed by atoms with van der Waals surface area (Å²) in [7, 11) is 1.03. The van der Waals surface area contributed by atoms with Crippen molar-refractivity contribution in [3.8, 4) is 5.75 Å². The molecule has 0 radical (unpaired) electrons. The van der Waals surface area contributed by atoms with Gasteiger partial charge >= 0.3 is 0 Å². The van der Waals surface area contributed by atoms with E-state index in [-0.39, 0.29) is 23.3 Å². The van der Waals surface area contributed by atoms with Crippen molar-refractivity contribution < 1.29 is 36.9 Å². The number of methoxy groups -OCH3 is 2. The standard InChI is InChI=1S/C41H57N3O8S/c1-30-8-15-35(16-9-30)53(46,47)44-27-39(52-29-32-12-17-38-37(24-32)43(19-21-51-38)18-7-20-48-5)36(25-34(44)26-41(2,3)40(45)42-4)33-13-10-31(11-14-33)28-50-23-22-49-6/h8-17,24,34,36,39H,7,18-23,25-29H2,1-6H3,(H,42,45)/t34-,36+,39-/m0/s1. The van der Waals surface area contributed by atoms with Crippen LogP contribution in [0.4, 0.5) is 5.69 Å². The number of piperidine rings is 1. The second kappa shape index (κ2) is 18.7. The van der Waals surface area contributed by atoms with Crippen LogP contribution in [0.2, 0.25) is 0 Å². The summed E-state index contributed by atoms with van der Waals surface area (Å²) in [4.78, 5) is 15.6. The van der Waals surface area contributed by atoms with Gasteiger partial charge in [-0.15, -0.1) is 0 Å². The number of fused-ring (bicyclic) bond motifs is 1. The number of benzene rings is 3. The van der Waals surface area contributed by atoms with E-state index >= 15 is 0 Å². The topological polar surface area (TPSA) is 116 Å². The van der Waals surface area contributed by atoms with Gasteiger partial charge in [-0.05, 0) is 67.1 Å². The number of ether oxygens (including phenoxy) is 5. The van der Waals surface area contributed by atoms with Gasteiger partial charge in [0, 0.05) is 58.3 Å². The summed E-state index contributed by atoms with van der Waals surface area (Å²) in [5.41, 5.74) is 4.24. The van der Waals surface area contributed by atoms with Crippen LogP contribution in [-0.2, 0) is 47.0 Å². The fourth-order valence-corrected chi connectivity index (χ4v) is 8.96. The molecule has 1 amide bonds. The van der Waals surface area contributed by atoms with Crippen molar-refractivity contribution in [1.82, 2.24) is 9.62 Å². The van der Waals surface area contributed by atoms with Gasteiger partial charge in [0.25, 0.3) is 0 Å². The summed E-state index contributed by atoms with van der Waals surface area (Å²) in [5.74, 6) is 0.571. The normalized spacial score (nSPS) is 19.4. The molecule has 2 aliphatic rings. The summed E-state index contributed by atoms with van der Waals surface area (Å²) in [5, 5.41) is 2.78. The lowest BCUT2D eigenvalue weighted by Gasteiger charge is -2.45. The molecule has 2 heterocycles. The molecule has 0 aliphatic carbocycles. The quantitative estimate of drug-likeness (QED) is 0.164. The van der Waals surface area contributed by atoms with Crippen LogP contribution in [0, 0.1) is 12.3 Å². The van der Waals surface area contributed by atoms with Gasteiger partial charge in [0.1, 0.15) is 12.4 Å². The fraction of sp³-hybridized carbons (Fsp3) is 0.537. The lowest BCUT2D eigenvalue weighted by molar-refractivity contribution is -0.130. The number of carbonyl (C=O) groups excluding carboxylic acids is 1. The molecule has 1 saturated heterocycles. The Hall–Kier alpha value is -3.52. The third-order valence-electron chi connectivity index (χ3n) is 10.3. The third-order valence-corrected chi connectivity index (χ3v) is 12.2. The van der Waals surface area contributed by atoms with E-state index in [1.807, 2.05) is 45.0 Å². The van der Waals surface area contributed by atoms with Crippen molar-refractivity contribution in [1.29, 1.82) is 0 Å². The van der Waals surface area contributed by atoms with E-state index in [0.717, 1.165) is 53.2 Å². The minimum Gasteiger partial charge on any atom is -0.490 e. The molecule has 2 aliphatic heterocycles. The van der Waals surface area contributed by atoms with Gasteiger partial charge in [-0.1, -0.05) is 61.9 Å². The zero-order valence-electron chi connectivity index (χ0n) is 32.1. The molecule has 1 N–H and O–H groups in total. The molecule has 0 unspecified atom stereocenters. The van der Waals surface area contributed by atoms with Crippen molar-refractivity contribution in [2.24, 2.45) is 5.41 Å². The number of carbonyl (C=O) groups is 1. The maximum absolute atomic E-state index is 14.5. The molecule has 0 saturated carbocycles. The van der Waals surface area contributed by atoms with Crippen LogP contribution < -0.4 is 15.0 Å². The van der Waals surface area contributed by atoms with E-state index in [0.29, 0.717) is 52.5 Å². The summed E-state index contributed by atoms with van der Waals surface area (Å²) in [6.45, 7) is 10.5. The molecule has 11 nitrogen and oxygen atoms in total. The van der Waals surface area contributed by atoms with E-state index in [1.165, 1.54) is 0 Å². The molecule has 3 atom stereocenters.